The number of nitrogens with zero attached hydrogens (tertiary/aromatic N) is 2. The first-order chi connectivity index (χ1) is 16.6. The van der Waals surface area contributed by atoms with Gasteiger partial charge >= 0.3 is 5.97 Å². The molecule has 0 bridgehead atoms. The number of hydrogen-bond donors (Lipinski definition) is 2. The summed E-state index contributed by atoms with van der Waals surface area (Å²) in [4.78, 5) is 18.3. The van der Waals surface area contributed by atoms with Gasteiger partial charge in [0.1, 0.15) is 17.6 Å². The highest BCUT2D eigenvalue weighted by Crippen LogP contribution is 2.43. The minimum Gasteiger partial charge on any atom is -0.478 e. The molecule has 6 nitrogen and oxygen atoms in total. The third-order valence-electron chi connectivity index (χ3n) is 6.06. The number of carboxylic acids is 1. The van der Waals surface area contributed by atoms with E-state index >= 15 is 0 Å². The van der Waals surface area contributed by atoms with Gasteiger partial charge in [0.2, 0.25) is 0 Å². The lowest BCUT2D eigenvalue weighted by atomic mass is 10.0. The van der Waals surface area contributed by atoms with E-state index in [1.54, 1.807) is 30.5 Å². The van der Waals surface area contributed by atoms with E-state index in [-0.39, 0.29) is 17.6 Å². The van der Waals surface area contributed by atoms with Crippen LogP contribution < -0.4 is 10.2 Å². The maximum atomic E-state index is 11.7. The number of aromatic nitrogens is 1. The first-order valence-electron chi connectivity index (χ1n) is 11.1. The van der Waals surface area contributed by atoms with Crippen LogP contribution in [0.4, 0.5) is 5.69 Å². The minimum atomic E-state index is -0.999. The van der Waals surface area contributed by atoms with Gasteiger partial charge in [-0.05, 0) is 66.7 Å². The lowest BCUT2D eigenvalue weighted by molar-refractivity contribution is 0.0697. The molecule has 7 heteroatoms. The monoisotopic (exact) mass is 469 g/mol. The molecular formula is C27H23N3O3S. The zero-order valence-electron chi connectivity index (χ0n) is 18.5. The normalized spacial score (nSPS) is 17.6. The summed E-state index contributed by atoms with van der Waals surface area (Å²) in [6.45, 7) is 2.12. The first kappa shape index (κ1) is 21.9. The van der Waals surface area contributed by atoms with E-state index in [1.807, 2.05) is 35.2 Å². The molecule has 0 spiro atoms. The Labute approximate surface area is 202 Å². The lowest BCUT2D eigenvalue weighted by Gasteiger charge is -2.26. The summed E-state index contributed by atoms with van der Waals surface area (Å²) in [5.74, 6) is 0.158. The molecule has 0 radical (unpaired) electrons. The van der Waals surface area contributed by atoms with E-state index in [1.165, 1.54) is 5.56 Å². The quantitative estimate of drug-likeness (QED) is 0.347. The number of carbonyl (C=O) groups is 1. The maximum Gasteiger partial charge on any atom is 0.336 e. The van der Waals surface area contributed by atoms with E-state index in [0.717, 1.165) is 17.8 Å². The Hall–Kier alpha value is -3.97. The fraction of sp³-hybridized carbons (Fsp3) is 0.148. The zero-order chi connectivity index (χ0) is 23.7. The molecule has 1 saturated heterocycles. The van der Waals surface area contributed by atoms with Crippen molar-refractivity contribution in [2.45, 2.75) is 25.4 Å². The number of carboxylic acid groups (broad SMARTS) is 1. The number of aryl methyl sites for hydroxylation is 1. The molecule has 1 aliphatic heterocycles. The van der Waals surface area contributed by atoms with Gasteiger partial charge in [0.05, 0.1) is 17.3 Å². The average molecular weight is 470 g/mol. The number of hydrogen-bond acceptors (Lipinski definition) is 4. The topological polar surface area (TPSA) is 78.6 Å². The molecule has 3 heterocycles. The van der Waals surface area contributed by atoms with Crippen LogP contribution in [0.5, 0.6) is 0 Å². The van der Waals surface area contributed by atoms with Crippen LogP contribution in [0.25, 0.3) is 11.3 Å². The van der Waals surface area contributed by atoms with Gasteiger partial charge in [-0.2, -0.15) is 0 Å². The number of aromatic carboxylic acids is 1. The number of benzene rings is 2. The maximum absolute atomic E-state index is 11.7. The van der Waals surface area contributed by atoms with Crippen molar-refractivity contribution in [3.05, 3.63) is 108 Å². The fourth-order valence-corrected chi connectivity index (χ4v) is 4.70. The van der Waals surface area contributed by atoms with Crippen molar-refractivity contribution in [2.24, 2.45) is 0 Å². The minimum absolute atomic E-state index is 0.191. The number of pyridine rings is 1. The summed E-state index contributed by atoms with van der Waals surface area (Å²) >= 11 is 5.76. The van der Waals surface area contributed by atoms with Crippen molar-refractivity contribution in [1.82, 2.24) is 10.3 Å². The second kappa shape index (κ2) is 9.11. The molecule has 1 fully saturated rings. The molecule has 2 N–H and O–H groups in total. The second-order valence-corrected chi connectivity index (χ2v) is 8.46. The van der Waals surface area contributed by atoms with Crippen molar-refractivity contribution < 1.29 is 14.3 Å². The predicted molar refractivity (Wildman–Crippen MR) is 135 cm³/mol. The second-order valence-electron chi connectivity index (χ2n) is 8.07. The van der Waals surface area contributed by atoms with Gasteiger partial charge < -0.3 is 19.7 Å². The average Bonchev–Trinajstić information content (AvgIpc) is 3.49. The van der Waals surface area contributed by atoms with E-state index in [2.05, 4.69) is 41.5 Å². The Kier molecular flexibility index (Phi) is 5.86. The SMILES string of the molecule is CCc1ccc(N2C(=S)N[C@H](c3ccccn3)[C@H]2c2ccc(-c3ccccc3C(=O)O)o2)cc1. The van der Waals surface area contributed by atoms with Gasteiger partial charge in [-0.1, -0.05) is 43.3 Å². The van der Waals surface area contributed by atoms with Crippen LogP contribution in [0.15, 0.2) is 89.5 Å². The van der Waals surface area contributed by atoms with Crippen molar-refractivity contribution in [3.8, 4) is 11.3 Å². The van der Waals surface area contributed by atoms with Crippen LogP contribution in [-0.2, 0) is 6.42 Å². The molecule has 2 aromatic heterocycles. The van der Waals surface area contributed by atoms with Gasteiger partial charge in [0.25, 0.3) is 0 Å². The van der Waals surface area contributed by atoms with Crippen LogP contribution in [0.2, 0.25) is 0 Å². The van der Waals surface area contributed by atoms with Gasteiger partial charge in [-0.3, -0.25) is 4.98 Å². The van der Waals surface area contributed by atoms with Gasteiger partial charge in [0, 0.05) is 17.4 Å². The summed E-state index contributed by atoms with van der Waals surface area (Å²) in [6.07, 6.45) is 2.71. The number of anilines is 1. The Morgan fingerprint density at radius 2 is 1.82 bits per heavy atom. The predicted octanol–water partition coefficient (Wildman–Crippen LogP) is 5.78. The van der Waals surface area contributed by atoms with E-state index in [4.69, 9.17) is 16.6 Å². The molecule has 0 amide bonds. The van der Waals surface area contributed by atoms with Crippen molar-refractivity contribution >= 4 is 29.0 Å². The third-order valence-corrected chi connectivity index (χ3v) is 6.38. The van der Waals surface area contributed by atoms with Gasteiger partial charge in [-0.25, -0.2) is 4.79 Å². The van der Waals surface area contributed by atoms with Crippen LogP contribution >= 0.6 is 12.2 Å². The summed E-state index contributed by atoms with van der Waals surface area (Å²) < 4.78 is 6.31. The summed E-state index contributed by atoms with van der Waals surface area (Å²) in [7, 11) is 0. The van der Waals surface area contributed by atoms with Gasteiger partial charge in [0.15, 0.2) is 5.11 Å². The third kappa shape index (κ3) is 3.95. The van der Waals surface area contributed by atoms with Crippen molar-refractivity contribution in [1.29, 1.82) is 0 Å². The standard InChI is InChI=1S/C27H23N3O3S/c1-2-17-10-12-18(13-11-17)30-25(24(29-27(30)34)21-9-5-6-16-28-21)23-15-14-22(33-23)19-7-3-4-8-20(19)26(31)32/h3-16,24-25H,2H2,1H3,(H,29,34)(H,31,32)/t24-,25-/m1/s1. The van der Waals surface area contributed by atoms with Gasteiger partial charge in [-0.15, -0.1) is 0 Å². The molecule has 1 aliphatic rings. The molecule has 4 aromatic rings. The molecule has 34 heavy (non-hydrogen) atoms. The number of furan rings is 1. The molecule has 170 valence electrons. The zero-order valence-corrected chi connectivity index (χ0v) is 19.3. The Morgan fingerprint density at radius 1 is 1.06 bits per heavy atom. The highest BCUT2D eigenvalue weighted by Gasteiger charge is 2.42. The largest absolute Gasteiger partial charge is 0.478 e. The fourth-order valence-electron chi connectivity index (χ4n) is 4.36. The Morgan fingerprint density at radius 3 is 2.53 bits per heavy atom. The van der Waals surface area contributed by atoms with Crippen LogP contribution in [0, 0.1) is 0 Å². The van der Waals surface area contributed by atoms with Crippen molar-refractivity contribution in [3.63, 3.8) is 0 Å². The lowest BCUT2D eigenvalue weighted by Crippen LogP contribution is -2.29. The smallest absolute Gasteiger partial charge is 0.336 e. The highest BCUT2D eigenvalue weighted by atomic mass is 32.1. The molecule has 0 saturated carbocycles. The van der Waals surface area contributed by atoms with Crippen LogP contribution in [0.1, 0.15) is 46.4 Å². The Bertz CT molecular complexity index is 1330. The number of thiocarbonyl (C=S) groups is 1. The van der Waals surface area contributed by atoms with Crippen LogP contribution in [0.3, 0.4) is 0 Å². The van der Waals surface area contributed by atoms with Crippen LogP contribution in [-0.4, -0.2) is 21.2 Å². The molecule has 2 atom stereocenters. The number of nitrogens with one attached hydrogen (secondary N) is 1. The van der Waals surface area contributed by atoms with E-state index in [0.29, 0.717) is 22.2 Å². The molecule has 0 aliphatic carbocycles. The van der Waals surface area contributed by atoms with Crippen molar-refractivity contribution in [2.75, 3.05) is 4.90 Å². The summed E-state index contributed by atoms with van der Waals surface area (Å²) in [6, 6.07) is 24.1. The Balaban J connectivity index is 1.60. The summed E-state index contributed by atoms with van der Waals surface area (Å²) in [5, 5.41) is 13.6. The van der Waals surface area contributed by atoms with E-state index in [9.17, 15) is 9.90 Å². The van der Waals surface area contributed by atoms with E-state index < -0.39 is 5.97 Å². The number of rotatable bonds is 6. The highest BCUT2D eigenvalue weighted by molar-refractivity contribution is 7.80. The molecular weight excluding hydrogens is 446 g/mol. The summed E-state index contributed by atoms with van der Waals surface area (Å²) in [5.41, 5.74) is 3.75. The molecule has 2 aromatic carbocycles. The molecule has 5 rings (SSSR count). The first-order valence-corrected chi connectivity index (χ1v) is 11.5. The molecule has 0 unspecified atom stereocenters.